The molecule has 33 heavy (non-hydrogen) atoms. The van der Waals surface area contributed by atoms with Gasteiger partial charge in [-0.15, -0.1) is 0 Å². The lowest BCUT2D eigenvalue weighted by Gasteiger charge is -2.31. The summed E-state index contributed by atoms with van der Waals surface area (Å²) in [6.07, 6.45) is 1.02. The molecule has 0 aromatic heterocycles. The van der Waals surface area contributed by atoms with Crippen molar-refractivity contribution in [2.24, 2.45) is 0 Å². The van der Waals surface area contributed by atoms with Crippen molar-refractivity contribution in [2.75, 3.05) is 30.4 Å². The Labute approximate surface area is 198 Å². The van der Waals surface area contributed by atoms with Crippen LogP contribution in [0.1, 0.15) is 19.4 Å². The molecule has 2 amide bonds. The first kappa shape index (κ1) is 24.7. The van der Waals surface area contributed by atoms with Crippen LogP contribution in [0.2, 0.25) is 5.02 Å². The third-order valence-electron chi connectivity index (χ3n) is 5.11. The molecule has 3 rings (SSSR count). The number of fused-ring (bicyclic) bond motifs is 1. The van der Waals surface area contributed by atoms with Gasteiger partial charge in [-0.1, -0.05) is 23.7 Å². The number of sulfonamides is 1. The van der Waals surface area contributed by atoms with Crippen LogP contribution in [0.4, 0.5) is 5.69 Å². The first-order valence-corrected chi connectivity index (χ1v) is 12.5. The van der Waals surface area contributed by atoms with Gasteiger partial charge in [0.15, 0.2) is 11.5 Å². The normalized spacial score (nSPS) is 13.3. The smallest absolute Gasteiger partial charge is 0.244 e. The highest BCUT2D eigenvalue weighted by molar-refractivity contribution is 7.92. The lowest BCUT2D eigenvalue weighted by Crippen LogP contribution is -2.51. The van der Waals surface area contributed by atoms with Gasteiger partial charge in [0.25, 0.3) is 0 Å². The number of carbonyl (C=O) groups is 2. The number of rotatable bonds is 9. The Kier molecular flexibility index (Phi) is 7.70. The number of benzene rings is 2. The number of halogens is 1. The highest BCUT2D eigenvalue weighted by Crippen LogP contribution is 2.36. The SMILES string of the molecule is CCNC(=O)[C@@H](C)N(Cc1ccc(Cl)cc1)C(=O)CN(c1ccc2c(c1)OCO2)S(C)(=O)=O. The van der Waals surface area contributed by atoms with Crippen LogP contribution in [0, 0.1) is 0 Å². The molecule has 0 fully saturated rings. The maximum absolute atomic E-state index is 13.4. The van der Waals surface area contributed by atoms with Crippen molar-refractivity contribution in [1.29, 1.82) is 0 Å². The summed E-state index contributed by atoms with van der Waals surface area (Å²) >= 11 is 5.95. The summed E-state index contributed by atoms with van der Waals surface area (Å²) in [5.74, 6) is 0.00987. The van der Waals surface area contributed by atoms with Crippen LogP contribution in [0.15, 0.2) is 42.5 Å². The first-order valence-electron chi connectivity index (χ1n) is 10.3. The lowest BCUT2D eigenvalue weighted by molar-refractivity contribution is -0.139. The minimum atomic E-state index is -3.83. The molecule has 0 unspecified atom stereocenters. The molecular formula is C22H26ClN3O6S. The summed E-state index contributed by atoms with van der Waals surface area (Å²) < 4.78 is 36.8. The predicted octanol–water partition coefficient (Wildman–Crippen LogP) is 2.39. The fraction of sp³-hybridized carbons (Fsp3) is 0.364. The average molecular weight is 496 g/mol. The maximum Gasteiger partial charge on any atom is 0.244 e. The fourth-order valence-electron chi connectivity index (χ4n) is 3.35. The number of hydrogen-bond acceptors (Lipinski definition) is 6. The summed E-state index contributed by atoms with van der Waals surface area (Å²) in [6.45, 7) is 3.43. The molecule has 0 aliphatic carbocycles. The Morgan fingerprint density at radius 2 is 1.79 bits per heavy atom. The van der Waals surface area contributed by atoms with E-state index in [1.54, 1.807) is 50.2 Å². The predicted molar refractivity (Wildman–Crippen MR) is 125 cm³/mol. The molecule has 0 saturated heterocycles. The number of carbonyl (C=O) groups excluding carboxylic acids is 2. The van der Waals surface area contributed by atoms with E-state index in [1.165, 1.54) is 11.0 Å². The summed E-state index contributed by atoms with van der Waals surface area (Å²) in [7, 11) is -3.83. The number of nitrogens with zero attached hydrogens (tertiary/aromatic N) is 2. The average Bonchev–Trinajstić information content (AvgIpc) is 3.23. The first-order chi connectivity index (χ1) is 15.6. The van der Waals surface area contributed by atoms with Crippen LogP contribution < -0.4 is 19.1 Å². The van der Waals surface area contributed by atoms with Gasteiger partial charge in [0, 0.05) is 24.2 Å². The van der Waals surface area contributed by atoms with Gasteiger partial charge in [-0.05, 0) is 43.7 Å². The zero-order valence-electron chi connectivity index (χ0n) is 18.6. The van der Waals surface area contributed by atoms with E-state index in [1.807, 2.05) is 0 Å². The van der Waals surface area contributed by atoms with Gasteiger partial charge in [-0.2, -0.15) is 0 Å². The number of hydrogen-bond donors (Lipinski definition) is 1. The number of ether oxygens (including phenoxy) is 2. The van der Waals surface area contributed by atoms with E-state index < -0.39 is 28.5 Å². The van der Waals surface area contributed by atoms with Crippen molar-refractivity contribution in [3.63, 3.8) is 0 Å². The summed E-state index contributed by atoms with van der Waals surface area (Å²) in [5, 5.41) is 3.24. The van der Waals surface area contributed by atoms with E-state index in [0.717, 1.165) is 16.1 Å². The Balaban J connectivity index is 1.90. The molecule has 9 nitrogen and oxygen atoms in total. The minimum absolute atomic E-state index is 0.0372. The highest BCUT2D eigenvalue weighted by Gasteiger charge is 2.30. The Bertz CT molecular complexity index is 1120. The van der Waals surface area contributed by atoms with Crippen molar-refractivity contribution in [2.45, 2.75) is 26.4 Å². The summed E-state index contributed by atoms with van der Waals surface area (Å²) in [6, 6.07) is 10.7. The van der Waals surface area contributed by atoms with Crippen molar-refractivity contribution in [3.8, 4) is 11.5 Å². The number of amides is 2. The molecule has 178 valence electrons. The topological polar surface area (TPSA) is 105 Å². The van der Waals surface area contributed by atoms with Gasteiger partial charge >= 0.3 is 0 Å². The Morgan fingerprint density at radius 1 is 1.12 bits per heavy atom. The van der Waals surface area contributed by atoms with E-state index >= 15 is 0 Å². The highest BCUT2D eigenvalue weighted by atomic mass is 35.5. The van der Waals surface area contributed by atoms with Crippen LogP contribution in [-0.4, -0.2) is 57.3 Å². The minimum Gasteiger partial charge on any atom is -0.454 e. The third-order valence-corrected chi connectivity index (χ3v) is 6.50. The van der Waals surface area contributed by atoms with Gasteiger partial charge < -0.3 is 19.7 Å². The molecular weight excluding hydrogens is 470 g/mol. The zero-order valence-corrected chi connectivity index (χ0v) is 20.1. The molecule has 0 saturated carbocycles. The molecule has 1 atom stereocenters. The van der Waals surface area contributed by atoms with Crippen LogP contribution in [0.25, 0.3) is 0 Å². The van der Waals surface area contributed by atoms with Gasteiger partial charge in [-0.3, -0.25) is 13.9 Å². The number of likely N-dealkylation sites (N-methyl/N-ethyl adjacent to an activating group) is 1. The van der Waals surface area contributed by atoms with Crippen molar-refractivity contribution in [1.82, 2.24) is 10.2 Å². The standard InChI is InChI=1S/C22H26ClN3O6S/c1-4-24-22(28)15(2)25(12-16-5-7-17(23)8-6-16)21(27)13-26(33(3,29)30)18-9-10-19-20(11-18)32-14-31-19/h5-11,15H,4,12-14H2,1-3H3,(H,24,28)/t15-/m1/s1. The van der Waals surface area contributed by atoms with E-state index in [9.17, 15) is 18.0 Å². The third kappa shape index (κ3) is 6.08. The van der Waals surface area contributed by atoms with Crippen LogP contribution in [0.3, 0.4) is 0 Å². The molecule has 11 heteroatoms. The van der Waals surface area contributed by atoms with E-state index in [4.69, 9.17) is 21.1 Å². The fourth-order valence-corrected chi connectivity index (χ4v) is 4.31. The van der Waals surface area contributed by atoms with Crippen molar-refractivity contribution in [3.05, 3.63) is 53.1 Å². The van der Waals surface area contributed by atoms with E-state index in [-0.39, 0.29) is 24.9 Å². The number of anilines is 1. The summed E-state index contributed by atoms with van der Waals surface area (Å²) in [5.41, 5.74) is 1.00. The van der Waals surface area contributed by atoms with E-state index in [0.29, 0.717) is 23.1 Å². The van der Waals surface area contributed by atoms with Crippen molar-refractivity contribution >= 4 is 39.1 Å². The van der Waals surface area contributed by atoms with Gasteiger partial charge in [0.2, 0.25) is 28.6 Å². The zero-order chi connectivity index (χ0) is 24.2. The largest absolute Gasteiger partial charge is 0.454 e. The molecule has 2 aromatic carbocycles. The second kappa shape index (κ2) is 10.3. The van der Waals surface area contributed by atoms with Gasteiger partial charge in [0.05, 0.1) is 11.9 Å². The van der Waals surface area contributed by atoms with Gasteiger partial charge in [-0.25, -0.2) is 8.42 Å². The monoisotopic (exact) mass is 495 g/mol. The molecule has 0 spiro atoms. The Morgan fingerprint density at radius 3 is 2.42 bits per heavy atom. The molecule has 1 aliphatic heterocycles. The molecule has 2 aromatic rings. The van der Waals surface area contributed by atoms with E-state index in [2.05, 4.69) is 5.32 Å². The van der Waals surface area contributed by atoms with Crippen LogP contribution in [-0.2, 0) is 26.2 Å². The van der Waals surface area contributed by atoms with Crippen molar-refractivity contribution < 1.29 is 27.5 Å². The molecule has 0 bridgehead atoms. The molecule has 0 radical (unpaired) electrons. The Hall–Kier alpha value is -2.98. The van der Waals surface area contributed by atoms with Crippen LogP contribution >= 0.6 is 11.6 Å². The summed E-state index contributed by atoms with van der Waals surface area (Å²) in [4.78, 5) is 27.3. The van der Waals surface area contributed by atoms with Gasteiger partial charge in [0.1, 0.15) is 12.6 Å². The second-order valence-electron chi connectivity index (χ2n) is 7.53. The quantitative estimate of drug-likeness (QED) is 0.572. The lowest BCUT2D eigenvalue weighted by atomic mass is 10.1. The molecule has 1 aliphatic rings. The number of nitrogens with one attached hydrogen (secondary N) is 1. The van der Waals surface area contributed by atoms with Crippen LogP contribution in [0.5, 0.6) is 11.5 Å². The maximum atomic E-state index is 13.4. The second-order valence-corrected chi connectivity index (χ2v) is 9.87. The molecule has 1 heterocycles. The molecule has 1 N–H and O–H groups in total.